The first-order valence-corrected chi connectivity index (χ1v) is 7.97. The zero-order valence-corrected chi connectivity index (χ0v) is 13.0. The maximum absolute atomic E-state index is 3.55. The summed E-state index contributed by atoms with van der Waals surface area (Å²) in [5, 5.41) is 3.48. The largest absolute Gasteiger partial charge is 0.317 e. The second-order valence-corrected chi connectivity index (χ2v) is 7.31. The Kier molecular flexibility index (Phi) is 5.03. The van der Waals surface area contributed by atoms with E-state index in [2.05, 4.69) is 52.3 Å². The quantitative estimate of drug-likeness (QED) is 0.915. The van der Waals surface area contributed by atoms with Crippen LogP contribution in [-0.2, 0) is 0 Å². The fourth-order valence-corrected chi connectivity index (χ4v) is 4.00. The van der Waals surface area contributed by atoms with E-state index in [9.17, 15) is 0 Å². The van der Waals surface area contributed by atoms with E-state index in [1.807, 2.05) is 11.3 Å². The Hall–Kier alpha value is 0.1000. The first-order valence-electron chi connectivity index (χ1n) is 6.36. The van der Waals surface area contributed by atoms with Crippen molar-refractivity contribution >= 4 is 27.3 Å². The summed E-state index contributed by atoms with van der Waals surface area (Å²) in [7, 11) is 2.27. The molecule has 0 radical (unpaired) electrons. The summed E-state index contributed by atoms with van der Waals surface area (Å²) in [4.78, 5) is 4.00. The van der Waals surface area contributed by atoms with E-state index in [1.165, 1.54) is 34.5 Å². The van der Waals surface area contributed by atoms with Crippen LogP contribution in [0.25, 0.3) is 0 Å². The molecule has 1 N–H and O–H groups in total. The van der Waals surface area contributed by atoms with Crippen molar-refractivity contribution in [1.29, 1.82) is 0 Å². The summed E-state index contributed by atoms with van der Waals surface area (Å²) in [5.74, 6) is 0. The molecular formula is C13H21BrN2S. The Balaban J connectivity index is 2.00. The fourth-order valence-electron chi connectivity index (χ4n) is 2.48. The second kappa shape index (κ2) is 6.32. The summed E-state index contributed by atoms with van der Waals surface area (Å²) in [6.07, 6.45) is 3.89. The Morgan fingerprint density at radius 2 is 2.24 bits per heavy atom. The van der Waals surface area contributed by atoms with Gasteiger partial charge in [-0.1, -0.05) is 0 Å². The molecule has 0 aromatic carbocycles. The van der Waals surface area contributed by atoms with Crippen LogP contribution in [0, 0.1) is 0 Å². The normalized spacial score (nSPS) is 23.6. The molecule has 96 valence electrons. The van der Waals surface area contributed by atoms with Crippen LogP contribution in [0.15, 0.2) is 15.9 Å². The van der Waals surface area contributed by atoms with Gasteiger partial charge >= 0.3 is 0 Å². The van der Waals surface area contributed by atoms with E-state index in [1.54, 1.807) is 0 Å². The zero-order valence-electron chi connectivity index (χ0n) is 10.6. The molecule has 2 heterocycles. The standard InChI is InChI=1S/C13H21BrN2S/c1-10(12-5-6-13(14)17-12)16(2)11-4-3-8-15-9-7-11/h5-6,10-11,15H,3-4,7-9H2,1-2H3. The monoisotopic (exact) mass is 316 g/mol. The molecule has 0 saturated carbocycles. The van der Waals surface area contributed by atoms with E-state index in [-0.39, 0.29) is 0 Å². The number of thiophene rings is 1. The van der Waals surface area contributed by atoms with Gasteiger partial charge < -0.3 is 5.32 Å². The number of rotatable bonds is 3. The number of hydrogen-bond acceptors (Lipinski definition) is 3. The van der Waals surface area contributed by atoms with Crippen molar-refractivity contribution in [3.05, 3.63) is 20.8 Å². The summed E-state index contributed by atoms with van der Waals surface area (Å²) < 4.78 is 1.23. The highest BCUT2D eigenvalue weighted by Gasteiger charge is 2.22. The van der Waals surface area contributed by atoms with Crippen molar-refractivity contribution in [1.82, 2.24) is 10.2 Å². The van der Waals surface area contributed by atoms with E-state index < -0.39 is 0 Å². The lowest BCUT2D eigenvalue weighted by atomic mass is 10.1. The molecule has 0 spiro atoms. The summed E-state index contributed by atoms with van der Waals surface area (Å²) in [5.41, 5.74) is 0. The lowest BCUT2D eigenvalue weighted by Crippen LogP contribution is -2.34. The van der Waals surface area contributed by atoms with Crippen molar-refractivity contribution in [2.75, 3.05) is 20.1 Å². The molecule has 1 aromatic heterocycles. The lowest BCUT2D eigenvalue weighted by molar-refractivity contribution is 0.173. The van der Waals surface area contributed by atoms with Gasteiger partial charge in [0.25, 0.3) is 0 Å². The molecule has 2 nitrogen and oxygen atoms in total. The Morgan fingerprint density at radius 1 is 1.41 bits per heavy atom. The highest BCUT2D eigenvalue weighted by atomic mass is 79.9. The molecule has 1 fully saturated rings. The predicted octanol–water partition coefficient (Wildman–Crippen LogP) is 3.65. The minimum absolute atomic E-state index is 0.523. The van der Waals surface area contributed by atoms with Gasteiger partial charge in [-0.15, -0.1) is 11.3 Å². The van der Waals surface area contributed by atoms with Crippen LogP contribution in [0.5, 0.6) is 0 Å². The predicted molar refractivity (Wildman–Crippen MR) is 78.7 cm³/mol. The van der Waals surface area contributed by atoms with Crippen LogP contribution in [0.2, 0.25) is 0 Å². The molecule has 1 aliphatic heterocycles. The van der Waals surface area contributed by atoms with Crippen molar-refractivity contribution in [2.24, 2.45) is 0 Å². The number of nitrogens with zero attached hydrogens (tertiary/aromatic N) is 1. The molecule has 0 bridgehead atoms. The van der Waals surface area contributed by atoms with Crippen LogP contribution >= 0.6 is 27.3 Å². The van der Waals surface area contributed by atoms with Gasteiger partial charge in [0, 0.05) is 17.0 Å². The third-order valence-electron chi connectivity index (χ3n) is 3.74. The molecule has 2 unspecified atom stereocenters. The Labute approximate surface area is 117 Å². The fraction of sp³-hybridized carbons (Fsp3) is 0.692. The number of nitrogens with one attached hydrogen (secondary N) is 1. The van der Waals surface area contributed by atoms with Crippen LogP contribution < -0.4 is 5.32 Å². The van der Waals surface area contributed by atoms with E-state index in [0.29, 0.717) is 6.04 Å². The first kappa shape index (κ1) is 13.5. The molecule has 1 saturated heterocycles. The van der Waals surface area contributed by atoms with Crippen molar-refractivity contribution in [2.45, 2.75) is 38.3 Å². The summed E-state index contributed by atoms with van der Waals surface area (Å²) in [6, 6.07) is 5.64. The maximum Gasteiger partial charge on any atom is 0.0701 e. The van der Waals surface area contributed by atoms with Gasteiger partial charge in [0.15, 0.2) is 0 Å². The van der Waals surface area contributed by atoms with E-state index >= 15 is 0 Å². The van der Waals surface area contributed by atoms with Gasteiger partial charge in [0.05, 0.1) is 3.79 Å². The molecule has 4 heteroatoms. The molecule has 1 aliphatic rings. The first-order chi connectivity index (χ1) is 8.18. The van der Waals surface area contributed by atoms with Gasteiger partial charge in [0.1, 0.15) is 0 Å². The van der Waals surface area contributed by atoms with Gasteiger partial charge in [-0.2, -0.15) is 0 Å². The molecular weight excluding hydrogens is 296 g/mol. The molecule has 0 amide bonds. The SMILES string of the molecule is CC(c1ccc(Br)s1)N(C)C1CCCNCC1. The van der Waals surface area contributed by atoms with E-state index in [0.717, 1.165) is 12.6 Å². The van der Waals surface area contributed by atoms with Crippen molar-refractivity contribution in [3.63, 3.8) is 0 Å². The Morgan fingerprint density at radius 3 is 2.94 bits per heavy atom. The minimum atomic E-state index is 0.523. The number of halogens is 1. The third-order valence-corrected chi connectivity index (χ3v) is 5.53. The molecule has 1 aromatic rings. The van der Waals surface area contributed by atoms with E-state index in [4.69, 9.17) is 0 Å². The second-order valence-electron chi connectivity index (χ2n) is 4.82. The Bertz CT molecular complexity index is 345. The topological polar surface area (TPSA) is 15.3 Å². The molecule has 17 heavy (non-hydrogen) atoms. The smallest absolute Gasteiger partial charge is 0.0701 e. The minimum Gasteiger partial charge on any atom is -0.317 e. The highest BCUT2D eigenvalue weighted by Crippen LogP contribution is 2.32. The van der Waals surface area contributed by atoms with Crippen LogP contribution in [0.4, 0.5) is 0 Å². The van der Waals surface area contributed by atoms with Gasteiger partial charge in [-0.05, 0) is 74.4 Å². The summed E-state index contributed by atoms with van der Waals surface area (Å²) >= 11 is 5.40. The van der Waals surface area contributed by atoms with Crippen LogP contribution in [-0.4, -0.2) is 31.1 Å². The average Bonchev–Trinajstić information content (AvgIpc) is 2.60. The third kappa shape index (κ3) is 3.53. The lowest BCUT2D eigenvalue weighted by Gasteiger charge is -2.32. The van der Waals surface area contributed by atoms with Crippen molar-refractivity contribution in [3.8, 4) is 0 Å². The molecule has 2 atom stereocenters. The highest BCUT2D eigenvalue weighted by molar-refractivity contribution is 9.11. The van der Waals surface area contributed by atoms with Gasteiger partial charge in [-0.3, -0.25) is 4.90 Å². The maximum atomic E-state index is 3.55. The van der Waals surface area contributed by atoms with Crippen molar-refractivity contribution < 1.29 is 0 Å². The van der Waals surface area contributed by atoms with Gasteiger partial charge in [0.2, 0.25) is 0 Å². The van der Waals surface area contributed by atoms with Crippen LogP contribution in [0.3, 0.4) is 0 Å². The summed E-state index contributed by atoms with van der Waals surface area (Å²) in [6.45, 7) is 4.66. The average molecular weight is 317 g/mol. The zero-order chi connectivity index (χ0) is 12.3. The van der Waals surface area contributed by atoms with Gasteiger partial charge in [-0.25, -0.2) is 0 Å². The van der Waals surface area contributed by atoms with Crippen LogP contribution in [0.1, 0.15) is 37.1 Å². The number of hydrogen-bond donors (Lipinski definition) is 1. The molecule has 0 aliphatic carbocycles. The molecule has 2 rings (SSSR count).